The number of imide groups is 1. The number of nitrogens with one attached hydrogen (secondary N) is 1. The second-order valence-electron chi connectivity index (χ2n) is 6.31. The van der Waals surface area contributed by atoms with Crippen molar-refractivity contribution in [2.45, 2.75) is 12.6 Å². The maximum atomic E-state index is 12.9. The van der Waals surface area contributed by atoms with Crippen LogP contribution in [0.5, 0.6) is 0 Å². The average Bonchev–Trinajstić information content (AvgIpc) is 2.95. The van der Waals surface area contributed by atoms with Gasteiger partial charge in [-0.2, -0.15) is 13.2 Å². The van der Waals surface area contributed by atoms with Crippen LogP contribution in [0.15, 0.2) is 48.5 Å². The standard InChI is InChI=1S/C20H15F3N2O5/c21-20(22,23)14-7-3-4-8-15(14)24-16(26)11-30-17(27)9-10-25-18(28)12-5-1-2-6-13(12)19(25)29/h1-8H,9-11H2,(H,24,26). The van der Waals surface area contributed by atoms with Crippen molar-refractivity contribution in [1.82, 2.24) is 4.90 Å². The van der Waals surface area contributed by atoms with Gasteiger partial charge in [-0.25, -0.2) is 0 Å². The quantitative estimate of drug-likeness (QED) is 0.573. The number of anilines is 1. The topological polar surface area (TPSA) is 92.8 Å². The van der Waals surface area contributed by atoms with Crippen LogP contribution in [0.2, 0.25) is 0 Å². The predicted molar refractivity (Wildman–Crippen MR) is 97.5 cm³/mol. The molecule has 2 aromatic carbocycles. The summed E-state index contributed by atoms with van der Waals surface area (Å²) in [6.45, 7) is -1.06. The molecule has 0 atom stereocenters. The van der Waals surface area contributed by atoms with Crippen molar-refractivity contribution >= 4 is 29.4 Å². The van der Waals surface area contributed by atoms with Crippen LogP contribution in [-0.2, 0) is 20.5 Å². The Kier molecular flexibility index (Phi) is 5.86. The molecule has 7 nitrogen and oxygen atoms in total. The van der Waals surface area contributed by atoms with Crippen LogP contribution in [0.1, 0.15) is 32.7 Å². The molecule has 0 radical (unpaired) electrons. The van der Waals surface area contributed by atoms with Gasteiger partial charge in [0.1, 0.15) is 0 Å². The summed E-state index contributed by atoms with van der Waals surface area (Å²) in [4.78, 5) is 49.0. The van der Waals surface area contributed by atoms with Gasteiger partial charge in [-0.1, -0.05) is 24.3 Å². The van der Waals surface area contributed by atoms with Gasteiger partial charge in [0.25, 0.3) is 17.7 Å². The first-order chi connectivity index (χ1) is 14.2. The van der Waals surface area contributed by atoms with Crippen molar-refractivity contribution in [2.75, 3.05) is 18.5 Å². The van der Waals surface area contributed by atoms with Crippen LogP contribution in [-0.4, -0.2) is 41.7 Å². The molecule has 1 heterocycles. The molecule has 0 spiro atoms. The third-order valence-electron chi connectivity index (χ3n) is 4.29. The Morgan fingerprint density at radius 2 is 1.50 bits per heavy atom. The predicted octanol–water partition coefficient (Wildman–Crippen LogP) is 2.87. The number of carbonyl (C=O) groups excluding carboxylic acids is 4. The van der Waals surface area contributed by atoms with E-state index in [1.807, 2.05) is 5.32 Å². The molecule has 1 N–H and O–H groups in total. The molecule has 0 saturated heterocycles. The van der Waals surface area contributed by atoms with E-state index in [1.54, 1.807) is 12.1 Å². The van der Waals surface area contributed by atoms with Crippen molar-refractivity contribution in [3.05, 3.63) is 65.2 Å². The van der Waals surface area contributed by atoms with Gasteiger partial charge in [-0.3, -0.25) is 24.1 Å². The minimum absolute atomic E-state index is 0.235. The van der Waals surface area contributed by atoms with Crippen LogP contribution < -0.4 is 5.32 Å². The van der Waals surface area contributed by atoms with E-state index < -0.39 is 47.7 Å². The molecule has 3 rings (SSSR count). The molecule has 0 aromatic heterocycles. The Morgan fingerprint density at radius 3 is 2.10 bits per heavy atom. The van der Waals surface area contributed by atoms with Gasteiger partial charge in [-0.15, -0.1) is 0 Å². The second-order valence-corrected chi connectivity index (χ2v) is 6.31. The number of alkyl halides is 3. The fourth-order valence-electron chi connectivity index (χ4n) is 2.89. The first-order valence-corrected chi connectivity index (χ1v) is 8.75. The van der Waals surface area contributed by atoms with Crippen LogP contribution in [0, 0.1) is 0 Å². The number of rotatable bonds is 6. The lowest BCUT2D eigenvalue weighted by molar-refractivity contribution is -0.147. The maximum absolute atomic E-state index is 12.9. The maximum Gasteiger partial charge on any atom is 0.418 e. The molecular weight excluding hydrogens is 405 g/mol. The van der Waals surface area contributed by atoms with Gasteiger partial charge in [0, 0.05) is 6.54 Å². The third kappa shape index (κ3) is 4.48. The van der Waals surface area contributed by atoms with Gasteiger partial charge >= 0.3 is 12.1 Å². The molecule has 0 aliphatic carbocycles. The largest absolute Gasteiger partial charge is 0.456 e. The van der Waals surface area contributed by atoms with Crippen LogP contribution in [0.4, 0.5) is 18.9 Å². The summed E-state index contributed by atoms with van der Waals surface area (Å²) in [6.07, 6.45) is -5.02. The smallest absolute Gasteiger partial charge is 0.418 e. The van der Waals surface area contributed by atoms with Crippen molar-refractivity contribution in [1.29, 1.82) is 0 Å². The summed E-state index contributed by atoms with van der Waals surface area (Å²) < 4.78 is 43.5. The molecule has 1 aliphatic rings. The molecule has 0 unspecified atom stereocenters. The first-order valence-electron chi connectivity index (χ1n) is 8.75. The van der Waals surface area contributed by atoms with Crippen molar-refractivity contribution in [2.24, 2.45) is 0 Å². The molecule has 0 fully saturated rings. The van der Waals surface area contributed by atoms with E-state index >= 15 is 0 Å². The highest BCUT2D eigenvalue weighted by Crippen LogP contribution is 2.34. The number of fused-ring (bicyclic) bond motifs is 1. The van der Waals surface area contributed by atoms with Gasteiger partial charge in [0.2, 0.25) is 0 Å². The summed E-state index contributed by atoms with van der Waals surface area (Å²) in [5, 5.41) is 2.04. The highest BCUT2D eigenvalue weighted by Gasteiger charge is 2.35. The highest BCUT2D eigenvalue weighted by molar-refractivity contribution is 6.21. The van der Waals surface area contributed by atoms with Gasteiger partial charge in [0.15, 0.2) is 6.61 Å². The lowest BCUT2D eigenvalue weighted by atomic mass is 10.1. The normalized spacial score (nSPS) is 13.2. The van der Waals surface area contributed by atoms with Gasteiger partial charge < -0.3 is 10.1 Å². The van der Waals surface area contributed by atoms with E-state index in [-0.39, 0.29) is 24.1 Å². The fourth-order valence-corrected chi connectivity index (χ4v) is 2.89. The molecule has 0 bridgehead atoms. The molecule has 1 aliphatic heterocycles. The monoisotopic (exact) mass is 420 g/mol. The molecule has 2 aromatic rings. The Labute approximate surface area is 168 Å². The first kappa shape index (κ1) is 21.0. The van der Waals surface area contributed by atoms with Crippen molar-refractivity contribution in [3.8, 4) is 0 Å². The van der Waals surface area contributed by atoms with Crippen molar-refractivity contribution < 1.29 is 37.1 Å². The van der Waals surface area contributed by atoms with E-state index in [0.29, 0.717) is 0 Å². The van der Waals surface area contributed by atoms with E-state index in [4.69, 9.17) is 4.74 Å². The Balaban J connectivity index is 1.50. The van der Waals surface area contributed by atoms with E-state index in [1.165, 1.54) is 24.3 Å². The summed E-state index contributed by atoms with van der Waals surface area (Å²) in [7, 11) is 0. The fraction of sp³-hybridized carbons (Fsp3) is 0.200. The Hall–Kier alpha value is -3.69. The zero-order chi connectivity index (χ0) is 21.9. The Bertz CT molecular complexity index is 984. The Morgan fingerprint density at radius 1 is 0.933 bits per heavy atom. The number of ether oxygens (including phenoxy) is 1. The number of carbonyl (C=O) groups is 4. The summed E-state index contributed by atoms with van der Waals surface area (Å²) in [6, 6.07) is 10.6. The SMILES string of the molecule is O=C(COC(=O)CCN1C(=O)c2ccccc2C1=O)Nc1ccccc1C(F)(F)F. The number of halogens is 3. The lowest BCUT2D eigenvalue weighted by Crippen LogP contribution is -2.32. The highest BCUT2D eigenvalue weighted by atomic mass is 19.4. The molecule has 3 amide bonds. The van der Waals surface area contributed by atoms with Crippen LogP contribution in [0.25, 0.3) is 0 Å². The third-order valence-corrected chi connectivity index (χ3v) is 4.29. The van der Waals surface area contributed by atoms with E-state index in [9.17, 15) is 32.3 Å². The van der Waals surface area contributed by atoms with Crippen molar-refractivity contribution in [3.63, 3.8) is 0 Å². The zero-order valence-corrected chi connectivity index (χ0v) is 15.4. The molecule has 10 heteroatoms. The minimum atomic E-state index is -4.66. The number of benzene rings is 2. The number of para-hydroxylation sites is 1. The van der Waals surface area contributed by atoms with Crippen LogP contribution >= 0.6 is 0 Å². The lowest BCUT2D eigenvalue weighted by Gasteiger charge is -2.14. The van der Waals surface area contributed by atoms with E-state index in [2.05, 4.69) is 0 Å². The zero-order valence-electron chi connectivity index (χ0n) is 15.4. The molecule has 156 valence electrons. The molecule has 30 heavy (non-hydrogen) atoms. The number of nitrogens with zero attached hydrogens (tertiary/aromatic N) is 1. The number of hydrogen-bond donors (Lipinski definition) is 1. The second kappa shape index (κ2) is 8.36. The summed E-state index contributed by atoms with van der Waals surface area (Å²) >= 11 is 0. The number of amides is 3. The number of hydrogen-bond acceptors (Lipinski definition) is 5. The number of esters is 1. The molecular formula is C20H15F3N2O5. The average molecular weight is 420 g/mol. The minimum Gasteiger partial charge on any atom is -0.456 e. The summed E-state index contributed by atoms with van der Waals surface area (Å²) in [5.74, 6) is -2.92. The van der Waals surface area contributed by atoms with Gasteiger partial charge in [0.05, 0.1) is 28.8 Å². The summed E-state index contributed by atoms with van der Waals surface area (Å²) in [5.41, 5.74) is -1.02. The van der Waals surface area contributed by atoms with Gasteiger partial charge in [-0.05, 0) is 24.3 Å². The van der Waals surface area contributed by atoms with Crippen LogP contribution in [0.3, 0.4) is 0 Å². The molecule has 0 saturated carbocycles. The van der Waals surface area contributed by atoms with E-state index in [0.717, 1.165) is 17.0 Å².